The number of nitrogens with zero attached hydrogens (tertiary/aromatic N) is 1. The van der Waals surface area contributed by atoms with Gasteiger partial charge in [-0.15, -0.1) is 0 Å². The molecule has 0 fully saturated rings. The second-order valence-electron chi connectivity index (χ2n) is 6.08. The van der Waals surface area contributed by atoms with Gasteiger partial charge in [-0.25, -0.2) is 4.39 Å². The zero-order chi connectivity index (χ0) is 19.8. The van der Waals surface area contributed by atoms with Gasteiger partial charge in [0, 0.05) is 13.1 Å². The molecule has 0 bridgehead atoms. The van der Waals surface area contributed by atoms with Crippen molar-refractivity contribution in [1.29, 1.82) is 0 Å². The number of alkyl halides is 3. The Kier molecular flexibility index (Phi) is 4.95. The summed E-state index contributed by atoms with van der Waals surface area (Å²) in [6.07, 6.45) is -4.46. The molecule has 0 radical (unpaired) electrons. The lowest BCUT2D eigenvalue weighted by molar-refractivity contribution is -0.138. The van der Waals surface area contributed by atoms with Crippen LogP contribution in [0.25, 0.3) is 0 Å². The molecule has 1 aliphatic rings. The van der Waals surface area contributed by atoms with Crippen LogP contribution in [-0.4, -0.2) is 29.8 Å². The number of halogens is 4. The van der Waals surface area contributed by atoms with E-state index < -0.39 is 34.9 Å². The van der Waals surface area contributed by atoms with Crippen molar-refractivity contribution in [2.24, 2.45) is 0 Å². The smallest absolute Gasteiger partial charge is 0.417 e. The number of amides is 2. The molecule has 3 rings (SSSR count). The first-order valence-electron chi connectivity index (χ1n) is 8.26. The third-order valence-electron chi connectivity index (χ3n) is 4.25. The number of carbonyl (C=O) groups is 2. The van der Waals surface area contributed by atoms with Crippen LogP contribution >= 0.6 is 0 Å². The molecular formula is C18H16F4N2O3. The fourth-order valence-corrected chi connectivity index (χ4v) is 2.96. The highest BCUT2D eigenvalue weighted by molar-refractivity contribution is 5.96. The molecule has 2 amide bonds. The average molecular weight is 384 g/mol. The van der Waals surface area contributed by atoms with E-state index in [1.54, 1.807) is 13.0 Å². The quantitative estimate of drug-likeness (QED) is 0.826. The van der Waals surface area contributed by atoms with Gasteiger partial charge in [-0.3, -0.25) is 9.59 Å². The number of rotatable bonds is 3. The highest BCUT2D eigenvalue weighted by atomic mass is 19.4. The van der Waals surface area contributed by atoms with Crippen molar-refractivity contribution < 1.29 is 31.6 Å². The summed E-state index contributed by atoms with van der Waals surface area (Å²) in [7, 11) is 0. The minimum absolute atomic E-state index is 0.0814. The molecule has 2 aromatic rings. The Morgan fingerprint density at radius 3 is 2.67 bits per heavy atom. The van der Waals surface area contributed by atoms with Crippen molar-refractivity contribution in [2.45, 2.75) is 26.1 Å². The van der Waals surface area contributed by atoms with Crippen molar-refractivity contribution in [3.05, 3.63) is 58.3 Å². The molecule has 2 heterocycles. The van der Waals surface area contributed by atoms with Gasteiger partial charge in [0.05, 0.1) is 17.7 Å². The largest absolute Gasteiger partial charge is 0.454 e. The van der Waals surface area contributed by atoms with Crippen molar-refractivity contribution >= 4 is 11.8 Å². The van der Waals surface area contributed by atoms with Gasteiger partial charge < -0.3 is 14.6 Å². The summed E-state index contributed by atoms with van der Waals surface area (Å²) in [5, 5.41) is 2.58. The fraction of sp³-hybridized carbons (Fsp3) is 0.333. The van der Waals surface area contributed by atoms with Gasteiger partial charge in [0.15, 0.2) is 5.76 Å². The number of hydrogen-bond donors (Lipinski definition) is 1. The van der Waals surface area contributed by atoms with E-state index in [1.165, 1.54) is 0 Å². The fourth-order valence-electron chi connectivity index (χ4n) is 2.96. The first kappa shape index (κ1) is 18.9. The molecule has 0 saturated carbocycles. The first-order valence-corrected chi connectivity index (χ1v) is 8.26. The van der Waals surface area contributed by atoms with Crippen molar-refractivity contribution in [3.8, 4) is 0 Å². The summed E-state index contributed by atoms with van der Waals surface area (Å²) < 4.78 is 58.4. The molecule has 0 saturated heterocycles. The predicted octanol–water partition coefficient (Wildman–Crippen LogP) is 3.39. The summed E-state index contributed by atoms with van der Waals surface area (Å²) in [6.45, 7) is 2.20. The summed E-state index contributed by atoms with van der Waals surface area (Å²) in [5.41, 5.74) is -1.22. The van der Waals surface area contributed by atoms with Gasteiger partial charge in [0.1, 0.15) is 11.6 Å². The van der Waals surface area contributed by atoms with Crippen LogP contribution in [0.4, 0.5) is 17.6 Å². The van der Waals surface area contributed by atoms with E-state index >= 15 is 0 Å². The van der Waals surface area contributed by atoms with Gasteiger partial charge in [-0.1, -0.05) is 0 Å². The summed E-state index contributed by atoms with van der Waals surface area (Å²) in [5.74, 6) is -1.86. The molecule has 1 N–H and O–H groups in total. The zero-order valence-corrected chi connectivity index (χ0v) is 14.3. The van der Waals surface area contributed by atoms with E-state index in [1.807, 2.05) is 0 Å². The van der Waals surface area contributed by atoms with Crippen molar-refractivity contribution in [2.75, 3.05) is 13.1 Å². The van der Waals surface area contributed by atoms with Crippen molar-refractivity contribution in [3.63, 3.8) is 0 Å². The molecule has 27 heavy (non-hydrogen) atoms. The molecule has 0 spiro atoms. The zero-order valence-electron chi connectivity index (χ0n) is 14.3. The standard InChI is InChI=1S/C18H16F4N2O3/c1-2-23-16(25)14-7-10-5-6-24(9-15(10)27-14)17(26)12-8-11(19)3-4-13(12)18(20,21)22/h3-4,7-8H,2,5-6,9H2,1H3,(H,23,25). The van der Waals surface area contributed by atoms with Gasteiger partial charge in [0.25, 0.3) is 11.8 Å². The Labute approximate surface area is 151 Å². The molecule has 0 atom stereocenters. The Bertz CT molecular complexity index is 889. The number of carbonyl (C=O) groups excluding carboxylic acids is 2. The average Bonchev–Trinajstić information content (AvgIpc) is 3.03. The molecule has 9 heteroatoms. The molecular weight excluding hydrogens is 368 g/mol. The van der Waals surface area contributed by atoms with E-state index in [9.17, 15) is 27.2 Å². The van der Waals surface area contributed by atoms with Gasteiger partial charge in [0.2, 0.25) is 0 Å². The lowest BCUT2D eigenvalue weighted by Crippen LogP contribution is -2.36. The van der Waals surface area contributed by atoms with E-state index in [2.05, 4.69) is 5.32 Å². The maximum Gasteiger partial charge on any atom is 0.417 e. The number of furan rings is 1. The Morgan fingerprint density at radius 1 is 1.26 bits per heavy atom. The maximum absolute atomic E-state index is 13.5. The highest BCUT2D eigenvalue weighted by Gasteiger charge is 2.37. The van der Waals surface area contributed by atoms with Crippen LogP contribution < -0.4 is 5.32 Å². The first-order chi connectivity index (χ1) is 12.7. The lowest BCUT2D eigenvalue weighted by Gasteiger charge is -2.27. The Hall–Kier alpha value is -2.84. The van der Waals surface area contributed by atoms with Crippen LogP contribution in [0.1, 0.15) is 44.7 Å². The number of hydrogen-bond acceptors (Lipinski definition) is 3. The summed E-state index contributed by atoms with van der Waals surface area (Å²) in [6, 6.07) is 3.37. The van der Waals surface area contributed by atoms with Gasteiger partial charge >= 0.3 is 6.18 Å². The van der Waals surface area contributed by atoms with Crippen LogP contribution in [0.3, 0.4) is 0 Å². The minimum atomic E-state index is -4.78. The molecule has 1 aromatic heterocycles. The number of fused-ring (bicyclic) bond motifs is 1. The van der Waals surface area contributed by atoms with Crippen LogP contribution in [0.5, 0.6) is 0 Å². The normalized spacial score (nSPS) is 14.0. The molecule has 144 valence electrons. The SMILES string of the molecule is CCNC(=O)c1cc2c(o1)CN(C(=O)c1cc(F)ccc1C(F)(F)F)CC2. The lowest BCUT2D eigenvalue weighted by atomic mass is 10.0. The van der Waals surface area contributed by atoms with Crippen LogP contribution in [0.15, 0.2) is 28.7 Å². The third-order valence-corrected chi connectivity index (χ3v) is 4.25. The summed E-state index contributed by atoms with van der Waals surface area (Å²) in [4.78, 5) is 25.6. The van der Waals surface area contributed by atoms with E-state index in [0.29, 0.717) is 36.9 Å². The van der Waals surface area contributed by atoms with E-state index in [4.69, 9.17) is 4.42 Å². The molecule has 0 aliphatic carbocycles. The van der Waals surface area contributed by atoms with E-state index in [-0.39, 0.29) is 18.8 Å². The molecule has 0 unspecified atom stereocenters. The monoisotopic (exact) mass is 384 g/mol. The second kappa shape index (κ2) is 7.05. The molecule has 1 aliphatic heterocycles. The van der Waals surface area contributed by atoms with Crippen LogP contribution in [-0.2, 0) is 19.1 Å². The summed E-state index contributed by atoms with van der Waals surface area (Å²) >= 11 is 0. The highest BCUT2D eigenvalue weighted by Crippen LogP contribution is 2.34. The Morgan fingerprint density at radius 2 is 2.00 bits per heavy atom. The number of nitrogens with one attached hydrogen (secondary N) is 1. The molecule has 1 aromatic carbocycles. The minimum Gasteiger partial charge on any atom is -0.454 e. The topological polar surface area (TPSA) is 62.6 Å². The van der Waals surface area contributed by atoms with E-state index in [0.717, 1.165) is 10.5 Å². The third kappa shape index (κ3) is 3.81. The number of benzene rings is 1. The predicted molar refractivity (Wildman–Crippen MR) is 86.6 cm³/mol. The Balaban J connectivity index is 1.87. The van der Waals surface area contributed by atoms with Crippen LogP contribution in [0, 0.1) is 5.82 Å². The van der Waals surface area contributed by atoms with Gasteiger partial charge in [-0.2, -0.15) is 13.2 Å². The van der Waals surface area contributed by atoms with Crippen molar-refractivity contribution in [1.82, 2.24) is 10.2 Å². The molecule has 5 nitrogen and oxygen atoms in total. The second-order valence-corrected chi connectivity index (χ2v) is 6.08. The maximum atomic E-state index is 13.5. The van der Waals surface area contributed by atoms with Crippen LogP contribution in [0.2, 0.25) is 0 Å². The van der Waals surface area contributed by atoms with Gasteiger partial charge in [-0.05, 0) is 43.2 Å².